The molecule has 0 aliphatic carbocycles. The van der Waals surface area contributed by atoms with Crippen molar-refractivity contribution >= 4 is 17.5 Å². The zero-order valence-corrected chi connectivity index (χ0v) is 8.38. The fourth-order valence-corrected chi connectivity index (χ4v) is 1.12. The number of halogens is 1. The van der Waals surface area contributed by atoms with E-state index in [1.807, 2.05) is 6.07 Å². The number of amides is 1. The summed E-state index contributed by atoms with van der Waals surface area (Å²) >= 11 is 5.69. The van der Waals surface area contributed by atoms with E-state index in [0.29, 0.717) is 11.7 Å². The third-order valence-corrected chi connectivity index (χ3v) is 1.95. The van der Waals surface area contributed by atoms with Crippen molar-refractivity contribution in [3.8, 4) is 0 Å². The Hall–Kier alpha value is -1.09. The van der Waals surface area contributed by atoms with Gasteiger partial charge in [-0.05, 0) is 17.7 Å². The molecule has 1 rings (SSSR count). The Kier molecular flexibility index (Phi) is 3.25. The van der Waals surface area contributed by atoms with Gasteiger partial charge >= 0.3 is 0 Å². The van der Waals surface area contributed by atoms with Crippen LogP contribution in [-0.2, 0) is 11.3 Å². The number of hydrogen-bond donors (Lipinski definition) is 0. The molecule has 0 spiro atoms. The number of aromatic nitrogens is 1. The molecule has 70 valence electrons. The van der Waals surface area contributed by atoms with E-state index in [4.69, 9.17) is 11.6 Å². The fourth-order valence-electron chi connectivity index (χ4n) is 0.926. The molecule has 0 saturated carbocycles. The molecular weight excluding hydrogens is 188 g/mol. The Morgan fingerprint density at radius 1 is 1.69 bits per heavy atom. The second-order valence-electron chi connectivity index (χ2n) is 2.86. The Balaban J connectivity index is 2.69. The summed E-state index contributed by atoms with van der Waals surface area (Å²) < 4.78 is 0. The second-order valence-corrected chi connectivity index (χ2v) is 3.25. The summed E-state index contributed by atoms with van der Waals surface area (Å²) in [5.41, 5.74) is 0.984. The first-order chi connectivity index (χ1) is 6.09. The SMILES string of the molecule is CC(=O)N(C)Cc1ccnc(Cl)c1. The van der Waals surface area contributed by atoms with Crippen LogP contribution in [0.15, 0.2) is 18.3 Å². The van der Waals surface area contributed by atoms with E-state index in [0.717, 1.165) is 5.56 Å². The summed E-state index contributed by atoms with van der Waals surface area (Å²) in [6, 6.07) is 3.59. The van der Waals surface area contributed by atoms with Crippen LogP contribution in [0.5, 0.6) is 0 Å². The van der Waals surface area contributed by atoms with Crippen LogP contribution in [-0.4, -0.2) is 22.8 Å². The largest absolute Gasteiger partial charge is 0.342 e. The number of pyridine rings is 1. The summed E-state index contributed by atoms with van der Waals surface area (Å²) in [5.74, 6) is 0.0351. The molecule has 1 aromatic rings. The van der Waals surface area contributed by atoms with E-state index < -0.39 is 0 Å². The Morgan fingerprint density at radius 2 is 2.38 bits per heavy atom. The van der Waals surface area contributed by atoms with E-state index in [1.165, 1.54) is 6.92 Å². The number of carbonyl (C=O) groups is 1. The van der Waals surface area contributed by atoms with Crippen molar-refractivity contribution in [1.82, 2.24) is 9.88 Å². The van der Waals surface area contributed by atoms with Crippen LogP contribution < -0.4 is 0 Å². The van der Waals surface area contributed by atoms with E-state index in [9.17, 15) is 4.79 Å². The lowest BCUT2D eigenvalue weighted by molar-refractivity contribution is -0.128. The van der Waals surface area contributed by atoms with Gasteiger partial charge in [-0.3, -0.25) is 4.79 Å². The molecule has 0 atom stereocenters. The predicted molar refractivity (Wildman–Crippen MR) is 51.4 cm³/mol. The van der Waals surface area contributed by atoms with Crippen molar-refractivity contribution in [3.63, 3.8) is 0 Å². The zero-order valence-electron chi connectivity index (χ0n) is 7.62. The molecule has 1 amide bonds. The molecule has 0 N–H and O–H groups in total. The van der Waals surface area contributed by atoms with Gasteiger partial charge < -0.3 is 4.90 Å². The van der Waals surface area contributed by atoms with E-state index >= 15 is 0 Å². The van der Waals surface area contributed by atoms with Crippen LogP contribution in [0.4, 0.5) is 0 Å². The quantitative estimate of drug-likeness (QED) is 0.678. The first-order valence-electron chi connectivity index (χ1n) is 3.91. The molecule has 3 nitrogen and oxygen atoms in total. The van der Waals surface area contributed by atoms with Crippen molar-refractivity contribution in [2.24, 2.45) is 0 Å². The lowest BCUT2D eigenvalue weighted by Gasteiger charge is -2.14. The molecular formula is C9H11ClN2O. The van der Waals surface area contributed by atoms with Crippen LogP contribution in [0.1, 0.15) is 12.5 Å². The van der Waals surface area contributed by atoms with Gasteiger partial charge in [0, 0.05) is 26.7 Å². The smallest absolute Gasteiger partial charge is 0.219 e. The van der Waals surface area contributed by atoms with Gasteiger partial charge in [-0.2, -0.15) is 0 Å². The van der Waals surface area contributed by atoms with Gasteiger partial charge in [-0.25, -0.2) is 4.98 Å². The molecule has 0 fully saturated rings. The van der Waals surface area contributed by atoms with Crippen LogP contribution in [0.2, 0.25) is 5.15 Å². The topological polar surface area (TPSA) is 33.2 Å². The first kappa shape index (κ1) is 9.99. The monoisotopic (exact) mass is 198 g/mol. The van der Waals surface area contributed by atoms with Gasteiger partial charge in [-0.15, -0.1) is 0 Å². The summed E-state index contributed by atoms with van der Waals surface area (Å²) in [6.45, 7) is 2.10. The van der Waals surface area contributed by atoms with Crippen molar-refractivity contribution < 1.29 is 4.79 Å². The van der Waals surface area contributed by atoms with Gasteiger partial charge in [0.2, 0.25) is 5.91 Å². The highest BCUT2D eigenvalue weighted by molar-refractivity contribution is 6.29. The molecule has 0 aromatic carbocycles. The average molecular weight is 199 g/mol. The van der Waals surface area contributed by atoms with Gasteiger partial charge in [0.15, 0.2) is 0 Å². The highest BCUT2D eigenvalue weighted by Gasteiger charge is 2.03. The van der Waals surface area contributed by atoms with Crippen molar-refractivity contribution in [1.29, 1.82) is 0 Å². The summed E-state index contributed by atoms with van der Waals surface area (Å²) in [7, 11) is 1.75. The molecule has 13 heavy (non-hydrogen) atoms. The van der Waals surface area contributed by atoms with Gasteiger partial charge in [-0.1, -0.05) is 11.6 Å². The van der Waals surface area contributed by atoms with Gasteiger partial charge in [0.05, 0.1) is 0 Å². The number of nitrogens with zero attached hydrogens (tertiary/aromatic N) is 2. The molecule has 0 bridgehead atoms. The fraction of sp³-hybridized carbons (Fsp3) is 0.333. The lowest BCUT2D eigenvalue weighted by Crippen LogP contribution is -2.22. The highest BCUT2D eigenvalue weighted by Crippen LogP contribution is 2.08. The minimum atomic E-state index is 0.0351. The normalized spacial score (nSPS) is 9.77. The van der Waals surface area contributed by atoms with Gasteiger partial charge in [0.25, 0.3) is 0 Å². The third-order valence-electron chi connectivity index (χ3n) is 1.75. The molecule has 0 unspecified atom stereocenters. The molecule has 1 aromatic heterocycles. The maximum atomic E-state index is 10.9. The lowest BCUT2D eigenvalue weighted by atomic mass is 10.2. The highest BCUT2D eigenvalue weighted by atomic mass is 35.5. The molecule has 0 aliphatic heterocycles. The number of hydrogen-bond acceptors (Lipinski definition) is 2. The van der Waals surface area contributed by atoms with Crippen molar-refractivity contribution in [2.45, 2.75) is 13.5 Å². The van der Waals surface area contributed by atoms with Crippen molar-refractivity contribution in [3.05, 3.63) is 29.0 Å². The molecule has 0 radical (unpaired) electrons. The first-order valence-corrected chi connectivity index (χ1v) is 4.29. The molecule has 0 aliphatic rings. The predicted octanol–water partition coefficient (Wildman–Crippen LogP) is 1.71. The maximum absolute atomic E-state index is 10.9. The number of rotatable bonds is 2. The molecule has 1 heterocycles. The zero-order chi connectivity index (χ0) is 9.84. The van der Waals surface area contributed by atoms with Crippen molar-refractivity contribution in [2.75, 3.05) is 7.05 Å². The van der Waals surface area contributed by atoms with E-state index in [1.54, 1.807) is 24.2 Å². The van der Waals surface area contributed by atoms with E-state index in [-0.39, 0.29) is 5.91 Å². The average Bonchev–Trinajstić information content (AvgIpc) is 2.04. The van der Waals surface area contributed by atoms with Crippen LogP contribution in [0, 0.1) is 0 Å². The minimum Gasteiger partial charge on any atom is -0.342 e. The Morgan fingerprint density at radius 3 is 2.92 bits per heavy atom. The van der Waals surface area contributed by atoms with E-state index in [2.05, 4.69) is 4.98 Å². The van der Waals surface area contributed by atoms with Gasteiger partial charge in [0.1, 0.15) is 5.15 Å². The Labute approximate surface area is 82.3 Å². The molecule has 4 heteroatoms. The summed E-state index contributed by atoms with van der Waals surface area (Å²) in [6.07, 6.45) is 1.63. The number of carbonyl (C=O) groups excluding carboxylic acids is 1. The minimum absolute atomic E-state index is 0.0351. The second kappa shape index (κ2) is 4.23. The standard InChI is InChI=1S/C9H11ClN2O/c1-7(13)12(2)6-8-3-4-11-9(10)5-8/h3-5H,6H2,1-2H3. The Bertz CT molecular complexity index is 314. The van der Waals surface area contributed by atoms with Crippen LogP contribution in [0.3, 0.4) is 0 Å². The van der Waals surface area contributed by atoms with Crippen LogP contribution in [0.25, 0.3) is 0 Å². The maximum Gasteiger partial charge on any atom is 0.219 e. The summed E-state index contributed by atoms with van der Waals surface area (Å²) in [5, 5.41) is 0.453. The summed E-state index contributed by atoms with van der Waals surface area (Å²) in [4.78, 5) is 16.4. The van der Waals surface area contributed by atoms with Crippen LogP contribution >= 0.6 is 11.6 Å². The third kappa shape index (κ3) is 3.03. The molecule has 0 saturated heterocycles.